The molecule has 8 heteroatoms. The minimum Gasteiger partial charge on any atom is -0.365 e. The van der Waals surface area contributed by atoms with E-state index in [9.17, 15) is 9.59 Å². The molecule has 1 atom stereocenters. The van der Waals surface area contributed by atoms with Gasteiger partial charge < -0.3 is 11.1 Å². The fourth-order valence-electron chi connectivity index (χ4n) is 8.15. The average Bonchev–Trinajstić information content (AvgIpc) is 3.38. The van der Waals surface area contributed by atoms with E-state index in [4.69, 9.17) is 10.8 Å². The highest BCUT2D eigenvalue weighted by molar-refractivity contribution is 9.10. The van der Waals surface area contributed by atoms with Crippen molar-refractivity contribution in [3.63, 3.8) is 0 Å². The predicted molar refractivity (Wildman–Crippen MR) is 146 cm³/mol. The molecular formula is C28H37BrN4O2S. The first-order valence-corrected chi connectivity index (χ1v) is 15.2. The highest BCUT2D eigenvalue weighted by atomic mass is 79.9. The van der Waals surface area contributed by atoms with Crippen molar-refractivity contribution in [1.29, 1.82) is 0 Å². The number of carbonyl (C=O) groups is 2. The standard InChI is InChI=1S/C28H37BrN4O2S/c1-4-27(2,3)18-5-6-19-21(10-18)36-26(22(19)24(30)34)31-25(35)23-20(29)14-33(32-23)28-11-15-7-16(12-28)9-17(8-15)13-28/h14-18H,4-13H2,1-3H3,(H2,30,34)(H,31,35)/t15?,16?,17?,18-,28?/m1/s1. The number of hydrogen-bond acceptors (Lipinski definition) is 4. The number of nitrogens with zero attached hydrogens (tertiary/aromatic N) is 2. The number of primary amides is 1. The van der Waals surface area contributed by atoms with E-state index in [1.54, 1.807) is 0 Å². The number of carbonyl (C=O) groups excluding carboxylic acids is 2. The van der Waals surface area contributed by atoms with E-state index in [0.29, 0.717) is 26.6 Å². The number of rotatable bonds is 6. The highest BCUT2D eigenvalue weighted by Crippen LogP contribution is 2.58. The summed E-state index contributed by atoms with van der Waals surface area (Å²) < 4.78 is 2.81. The lowest BCUT2D eigenvalue weighted by atomic mass is 9.53. The summed E-state index contributed by atoms with van der Waals surface area (Å²) in [7, 11) is 0. The Morgan fingerprint density at radius 3 is 2.44 bits per heavy atom. The van der Waals surface area contributed by atoms with Crippen molar-refractivity contribution in [3.05, 3.63) is 32.4 Å². The SMILES string of the molecule is CCC(C)(C)[C@@H]1CCc2c(sc(NC(=O)c3nn(C45CC6CC(CC(C6)C4)C5)cc3Br)c2C(N)=O)C1. The Bertz CT molecular complexity index is 1190. The van der Waals surface area contributed by atoms with Crippen molar-refractivity contribution in [2.45, 2.75) is 90.5 Å². The fourth-order valence-corrected chi connectivity index (χ4v) is 9.93. The summed E-state index contributed by atoms with van der Waals surface area (Å²) in [6.07, 6.45) is 13.5. The van der Waals surface area contributed by atoms with Gasteiger partial charge in [0.05, 0.1) is 15.6 Å². The van der Waals surface area contributed by atoms with Crippen LogP contribution < -0.4 is 11.1 Å². The molecule has 6 nitrogen and oxygen atoms in total. The zero-order valence-corrected chi connectivity index (χ0v) is 23.9. The van der Waals surface area contributed by atoms with Crippen LogP contribution in [0, 0.1) is 29.1 Å². The fraction of sp³-hybridized carbons (Fsp3) is 0.679. The van der Waals surface area contributed by atoms with Crippen LogP contribution in [0.2, 0.25) is 0 Å². The van der Waals surface area contributed by atoms with Gasteiger partial charge in [0.25, 0.3) is 11.8 Å². The van der Waals surface area contributed by atoms with E-state index < -0.39 is 5.91 Å². The first kappa shape index (κ1) is 24.7. The van der Waals surface area contributed by atoms with E-state index in [0.717, 1.165) is 49.0 Å². The van der Waals surface area contributed by atoms with E-state index >= 15 is 0 Å². The molecule has 2 aromatic heterocycles. The maximum atomic E-state index is 13.5. The van der Waals surface area contributed by atoms with Gasteiger partial charge in [0.15, 0.2) is 5.69 Å². The number of nitrogens with two attached hydrogens (primary N) is 1. The Morgan fingerprint density at radius 1 is 1.22 bits per heavy atom. The Hall–Kier alpha value is -1.67. The van der Waals surface area contributed by atoms with E-state index in [-0.39, 0.29) is 16.9 Å². The maximum absolute atomic E-state index is 13.5. The minimum absolute atomic E-state index is 0.0529. The number of amides is 2. The van der Waals surface area contributed by atoms with Gasteiger partial charge in [0.1, 0.15) is 5.00 Å². The molecule has 36 heavy (non-hydrogen) atoms. The lowest BCUT2D eigenvalue weighted by Gasteiger charge is -2.56. The van der Waals surface area contributed by atoms with Gasteiger partial charge in [-0.2, -0.15) is 5.10 Å². The lowest BCUT2D eigenvalue weighted by Crippen LogP contribution is -2.52. The molecule has 4 fully saturated rings. The average molecular weight is 574 g/mol. The number of anilines is 1. The molecule has 5 aliphatic rings. The number of aromatic nitrogens is 2. The second-order valence-electron chi connectivity index (χ2n) is 12.7. The normalized spacial score (nSPS) is 30.9. The van der Waals surface area contributed by atoms with Gasteiger partial charge in [-0.05, 0) is 108 Å². The van der Waals surface area contributed by atoms with Crippen LogP contribution in [0.15, 0.2) is 10.7 Å². The number of halogens is 1. The molecule has 2 heterocycles. The van der Waals surface area contributed by atoms with Crippen LogP contribution in [0.5, 0.6) is 0 Å². The topological polar surface area (TPSA) is 90.0 Å². The quantitative estimate of drug-likeness (QED) is 0.412. The summed E-state index contributed by atoms with van der Waals surface area (Å²) in [4.78, 5) is 27.1. The minimum atomic E-state index is -0.464. The third kappa shape index (κ3) is 3.98. The molecule has 5 aliphatic carbocycles. The summed E-state index contributed by atoms with van der Waals surface area (Å²) in [5.41, 5.74) is 8.04. The molecule has 0 aliphatic heterocycles. The van der Waals surface area contributed by atoms with Crippen LogP contribution in [0.3, 0.4) is 0 Å². The lowest BCUT2D eigenvalue weighted by molar-refractivity contribution is -0.0495. The van der Waals surface area contributed by atoms with Gasteiger partial charge in [-0.3, -0.25) is 14.3 Å². The third-order valence-electron chi connectivity index (χ3n) is 10.1. The Labute approximate surface area is 225 Å². The maximum Gasteiger partial charge on any atom is 0.277 e. The molecule has 3 N–H and O–H groups in total. The Balaban J connectivity index is 1.26. The zero-order chi connectivity index (χ0) is 25.4. The molecule has 194 valence electrons. The second-order valence-corrected chi connectivity index (χ2v) is 14.7. The van der Waals surface area contributed by atoms with Crippen molar-refractivity contribution in [1.82, 2.24) is 9.78 Å². The Kier molecular flexibility index (Phi) is 5.95. The van der Waals surface area contributed by atoms with Gasteiger partial charge in [-0.15, -0.1) is 11.3 Å². The zero-order valence-electron chi connectivity index (χ0n) is 21.5. The molecule has 0 saturated heterocycles. The summed E-state index contributed by atoms with van der Waals surface area (Å²) >= 11 is 5.14. The van der Waals surface area contributed by atoms with E-state index in [1.165, 1.54) is 54.7 Å². The molecule has 4 saturated carbocycles. The third-order valence-corrected chi connectivity index (χ3v) is 11.9. The first-order valence-electron chi connectivity index (χ1n) is 13.6. The van der Waals surface area contributed by atoms with Crippen LogP contribution in [0.4, 0.5) is 5.00 Å². The van der Waals surface area contributed by atoms with Crippen molar-refractivity contribution < 1.29 is 9.59 Å². The number of thiophene rings is 1. The van der Waals surface area contributed by atoms with Crippen LogP contribution in [-0.4, -0.2) is 21.6 Å². The summed E-state index contributed by atoms with van der Waals surface area (Å²) in [6, 6.07) is 0. The number of nitrogens with one attached hydrogen (secondary N) is 1. The highest BCUT2D eigenvalue weighted by Gasteiger charge is 2.52. The monoisotopic (exact) mass is 572 g/mol. The van der Waals surface area contributed by atoms with E-state index in [2.05, 4.69) is 46.7 Å². The molecule has 0 spiro atoms. The first-order chi connectivity index (χ1) is 17.1. The molecular weight excluding hydrogens is 536 g/mol. The molecule has 0 unspecified atom stereocenters. The van der Waals surface area contributed by atoms with Gasteiger partial charge >= 0.3 is 0 Å². The van der Waals surface area contributed by atoms with Crippen LogP contribution >= 0.6 is 27.3 Å². The summed E-state index contributed by atoms with van der Waals surface area (Å²) in [5, 5.41) is 8.46. The van der Waals surface area contributed by atoms with Crippen molar-refractivity contribution in [2.24, 2.45) is 34.8 Å². The summed E-state index contributed by atoms with van der Waals surface area (Å²) in [6.45, 7) is 6.89. The number of fused-ring (bicyclic) bond motifs is 1. The van der Waals surface area contributed by atoms with Crippen LogP contribution in [-0.2, 0) is 18.4 Å². The molecule has 7 rings (SSSR count). The van der Waals surface area contributed by atoms with Gasteiger partial charge in [-0.25, -0.2) is 0 Å². The van der Waals surface area contributed by atoms with Gasteiger partial charge in [0.2, 0.25) is 0 Å². The molecule has 0 aromatic carbocycles. The van der Waals surface area contributed by atoms with Crippen LogP contribution in [0.1, 0.15) is 103 Å². The van der Waals surface area contributed by atoms with Crippen molar-refractivity contribution in [3.8, 4) is 0 Å². The van der Waals surface area contributed by atoms with E-state index in [1.807, 2.05) is 6.20 Å². The molecule has 4 bridgehead atoms. The van der Waals surface area contributed by atoms with Crippen molar-refractivity contribution >= 4 is 44.1 Å². The smallest absolute Gasteiger partial charge is 0.277 e. The molecule has 2 aromatic rings. The number of hydrogen-bond donors (Lipinski definition) is 2. The Morgan fingerprint density at radius 2 is 1.86 bits per heavy atom. The molecule has 0 radical (unpaired) electrons. The summed E-state index contributed by atoms with van der Waals surface area (Å²) in [5.74, 6) is 2.21. The van der Waals surface area contributed by atoms with Crippen LogP contribution in [0.25, 0.3) is 0 Å². The van der Waals surface area contributed by atoms with Gasteiger partial charge in [-0.1, -0.05) is 27.2 Å². The largest absolute Gasteiger partial charge is 0.365 e. The predicted octanol–water partition coefficient (Wildman–Crippen LogP) is 6.52. The molecule has 2 amide bonds. The second kappa shape index (κ2) is 8.69. The van der Waals surface area contributed by atoms with Crippen molar-refractivity contribution in [2.75, 3.05) is 5.32 Å². The van der Waals surface area contributed by atoms with Gasteiger partial charge in [0, 0.05) is 11.1 Å².